The van der Waals surface area contributed by atoms with Gasteiger partial charge in [-0.05, 0) is 12.8 Å². The van der Waals surface area contributed by atoms with E-state index in [1.54, 1.807) is 0 Å². The van der Waals surface area contributed by atoms with Crippen LogP contribution in [0.1, 0.15) is 45.6 Å². The van der Waals surface area contributed by atoms with Gasteiger partial charge in [0.05, 0.1) is 6.33 Å². The van der Waals surface area contributed by atoms with Gasteiger partial charge in [0.1, 0.15) is 6.20 Å². The molecular weight excluding hydrogens is 148 g/mol. The molecule has 67 valence electrons. The number of rotatable bonds is 5. The van der Waals surface area contributed by atoms with Crippen LogP contribution in [0.3, 0.4) is 0 Å². The van der Waals surface area contributed by atoms with Crippen LogP contribution in [0.25, 0.3) is 0 Å². The Morgan fingerprint density at radius 3 is 2.83 bits per heavy atom. The van der Waals surface area contributed by atoms with Gasteiger partial charge in [-0.2, -0.15) is 0 Å². The molecule has 1 heterocycles. The van der Waals surface area contributed by atoms with E-state index in [1.807, 2.05) is 12.5 Å². The standard InChI is InChI=1S/C10H17N2/c1-3-5-6-10(4-2)12-8-7-11-9-12/h8-10H,3-6H2,1-2H3. The van der Waals surface area contributed by atoms with Crippen molar-refractivity contribution in [3.63, 3.8) is 0 Å². The van der Waals surface area contributed by atoms with E-state index in [-0.39, 0.29) is 0 Å². The summed E-state index contributed by atoms with van der Waals surface area (Å²) in [6, 6.07) is 0.628. The quantitative estimate of drug-likeness (QED) is 0.656. The molecule has 1 aromatic rings. The van der Waals surface area contributed by atoms with Crippen LogP contribution >= 0.6 is 0 Å². The minimum atomic E-state index is 0.628. The second kappa shape index (κ2) is 4.96. The molecule has 0 spiro atoms. The Morgan fingerprint density at radius 2 is 2.33 bits per heavy atom. The zero-order valence-corrected chi connectivity index (χ0v) is 7.95. The zero-order chi connectivity index (χ0) is 8.81. The normalized spacial score (nSPS) is 13.2. The van der Waals surface area contributed by atoms with E-state index in [0.717, 1.165) is 0 Å². The monoisotopic (exact) mass is 165 g/mol. The van der Waals surface area contributed by atoms with Gasteiger partial charge in [0.15, 0.2) is 0 Å². The number of imidazole rings is 1. The maximum Gasteiger partial charge on any atom is 0.108 e. The topological polar surface area (TPSA) is 17.8 Å². The summed E-state index contributed by atoms with van der Waals surface area (Å²) >= 11 is 0. The molecule has 0 N–H and O–H groups in total. The maximum absolute atomic E-state index is 3.94. The fourth-order valence-electron chi connectivity index (χ4n) is 1.44. The predicted molar refractivity (Wildman–Crippen MR) is 49.9 cm³/mol. The summed E-state index contributed by atoms with van der Waals surface area (Å²) in [6.07, 6.45) is 11.7. The Balaban J connectivity index is 2.45. The van der Waals surface area contributed by atoms with E-state index in [0.29, 0.717) is 6.04 Å². The van der Waals surface area contributed by atoms with Crippen molar-refractivity contribution in [2.75, 3.05) is 0 Å². The van der Waals surface area contributed by atoms with E-state index in [4.69, 9.17) is 0 Å². The third-order valence-electron chi connectivity index (χ3n) is 2.26. The van der Waals surface area contributed by atoms with Gasteiger partial charge in [0.2, 0.25) is 0 Å². The van der Waals surface area contributed by atoms with Crippen LogP contribution in [0.5, 0.6) is 0 Å². The third kappa shape index (κ3) is 2.36. The van der Waals surface area contributed by atoms with Crippen molar-refractivity contribution in [1.29, 1.82) is 0 Å². The summed E-state index contributed by atoms with van der Waals surface area (Å²) < 4.78 is 2.16. The molecule has 1 rings (SSSR count). The van der Waals surface area contributed by atoms with E-state index in [9.17, 15) is 0 Å². The van der Waals surface area contributed by atoms with Gasteiger partial charge in [-0.15, -0.1) is 0 Å². The first kappa shape index (κ1) is 9.30. The average Bonchev–Trinajstić information content (AvgIpc) is 2.59. The molecule has 0 aliphatic carbocycles. The molecule has 1 atom stereocenters. The summed E-state index contributed by atoms with van der Waals surface area (Å²) in [5.41, 5.74) is 0. The number of hydrogen-bond donors (Lipinski definition) is 0. The number of nitrogens with zero attached hydrogens (tertiary/aromatic N) is 2. The Labute approximate surface area is 74.6 Å². The van der Waals surface area contributed by atoms with Crippen molar-refractivity contribution in [3.8, 4) is 0 Å². The fraction of sp³-hybridized carbons (Fsp3) is 0.700. The summed E-state index contributed by atoms with van der Waals surface area (Å²) in [5.74, 6) is 0. The van der Waals surface area contributed by atoms with Crippen molar-refractivity contribution in [3.05, 3.63) is 18.7 Å². The van der Waals surface area contributed by atoms with Crippen LogP contribution in [0.4, 0.5) is 0 Å². The van der Waals surface area contributed by atoms with E-state index >= 15 is 0 Å². The van der Waals surface area contributed by atoms with Crippen LogP contribution < -0.4 is 0 Å². The highest BCUT2D eigenvalue weighted by Gasteiger charge is 2.05. The lowest BCUT2D eigenvalue weighted by Crippen LogP contribution is -2.05. The van der Waals surface area contributed by atoms with Gasteiger partial charge in [-0.1, -0.05) is 26.7 Å². The summed E-state index contributed by atoms with van der Waals surface area (Å²) in [4.78, 5) is 3.94. The molecule has 1 unspecified atom stereocenters. The predicted octanol–water partition coefficient (Wildman–Crippen LogP) is 2.82. The highest BCUT2D eigenvalue weighted by atomic mass is 15.0. The van der Waals surface area contributed by atoms with E-state index in [1.165, 1.54) is 25.7 Å². The molecule has 0 fully saturated rings. The minimum Gasteiger partial charge on any atom is -0.334 e. The second-order valence-electron chi connectivity index (χ2n) is 3.15. The summed E-state index contributed by atoms with van der Waals surface area (Å²) in [5, 5.41) is 0. The van der Waals surface area contributed by atoms with E-state index < -0.39 is 0 Å². The Hall–Kier alpha value is -0.790. The van der Waals surface area contributed by atoms with Crippen molar-refractivity contribution in [2.45, 2.75) is 45.6 Å². The van der Waals surface area contributed by atoms with Gasteiger partial charge in [-0.3, -0.25) is 0 Å². The second-order valence-corrected chi connectivity index (χ2v) is 3.15. The maximum atomic E-state index is 3.94. The molecule has 0 aliphatic rings. The highest BCUT2D eigenvalue weighted by Crippen LogP contribution is 2.17. The molecule has 2 heteroatoms. The molecule has 0 aliphatic heterocycles. The first-order valence-electron chi connectivity index (χ1n) is 4.78. The molecule has 0 bridgehead atoms. The van der Waals surface area contributed by atoms with Gasteiger partial charge in [0.25, 0.3) is 0 Å². The first-order chi connectivity index (χ1) is 5.88. The molecule has 0 saturated heterocycles. The largest absolute Gasteiger partial charge is 0.334 e. The molecule has 1 radical (unpaired) electrons. The molecule has 1 aromatic heterocycles. The molecule has 2 nitrogen and oxygen atoms in total. The minimum absolute atomic E-state index is 0.628. The Bertz CT molecular complexity index is 192. The van der Waals surface area contributed by atoms with Gasteiger partial charge in [-0.25, -0.2) is 4.98 Å². The number of aromatic nitrogens is 2. The highest BCUT2D eigenvalue weighted by molar-refractivity contribution is 4.78. The smallest absolute Gasteiger partial charge is 0.108 e. The summed E-state index contributed by atoms with van der Waals surface area (Å²) in [6.45, 7) is 4.45. The van der Waals surface area contributed by atoms with Crippen LogP contribution in [-0.4, -0.2) is 9.55 Å². The first-order valence-corrected chi connectivity index (χ1v) is 4.78. The van der Waals surface area contributed by atoms with Gasteiger partial charge < -0.3 is 4.57 Å². The molecule has 0 amide bonds. The lowest BCUT2D eigenvalue weighted by atomic mass is 10.1. The Kier molecular flexibility index (Phi) is 3.85. The van der Waals surface area contributed by atoms with Crippen LogP contribution in [0.15, 0.2) is 12.5 Å². The number of hydrogen-bond acceptors (Lipinski definition) is 1. The van der Waals surface area contributed by atoms with Crippen LogP contribution in [-0.2, 0) is 0 Å². The third-order valence-corrected chi connectivity index (χ3v) is 2.26. The van der Waals surface area contributed by atoms with Crippen molar-refractivity contribution < 1.29 is 0 Å². The van der Waals surface area contributed by atoms with Gasteiger partial charge in [0, 0.05) is 12.2 Å². The van der Waals surface area contributed by atoms with Crippen molar-refractivity contribution in [1.82, 2.24) is 9.55 Å². The van der Waals surface area contributed by atoms with E-state index in [2.05, 4.69) is 29.6 Å². The van der Waals surface area contributed by atoms with Crippen LogP contribution in [0.2, 0.25) is 0 Å². The average molecular weight is 165 g/mol. The lowest BCUT2D eigenvalue weighted by molar-refractivity contribution is 0.436. The zero-order valence-electron chi connectivity index (χ0n) is 7.95. The van der Waals surface area contributed by atoms with Crippen molar-refractivity contribution in [2.24, 2.45) is 0 Å². The van der Waals surface area contributed by atoms with Crippen molar-refractivity contribution >= 4 is 0 Å². The molecule has 12 heavy (non-hydrogen) atoms. The SMILES string of the molecule is CCCCC(CC)n1c[c]nc1. The number of unbranched alkanes of at least 4 members (excludes halogenated alkanes) is 1. The van der Waals surface area contributed by atoms with Gasteiger partial charge >= 0.3 is 0 Å². The molecular formula is C10H17N2. The Morgan fingerprint density at radius 1 is 1.50 bits per heavy atom. The fourth-order valence-corrected chi connectivity index (χ4v) is 1.44. The van der Waals surface area contributed by atoms with Crippen LogP contribution in [0, 0.1) is 6.20 Å². The summed E-state index contributed by atoms with van der Waals surface area (Å²) in [7, 11) is 0. The molecule has 0 saturated carbocycles. The lowest BCUT2D eigenvalue weighted by Gasteiger charge is -2.15. The molecule has 0 aromatic carbocycles.